The lowest BCUT2D eigenvalue weighted by atomic mass is 9.89. The van der Waals surface area contributed by atoms with Gasteiger partial charge < -0.3 is 21.4 Å². The van der Waals surface area contributed by atoms with Crippen molar-refractivity contribution in [1.82, 2.24) is 9.88 Å². The van der Waals surface area contributed by atoms with Gasteiger partial charge in [0.05, 0.1) is 16.6 Å². The number of nitrogens with zero attached hydrogens (tertiary/aromatic N) is 1. The number of aromatic nitrogens is 1. The highest BCUT2D eigenvalue weighted by Gasteiger charge is 2.41. The lowest BCUT2D eigenvalue weighted by Gasteiger charge is -2.20. The summed E-state index contributed by atoms with van der Waals surface area (Å²) in [5.74, 6) is -0.491. The van der Waals surface area contributed by atoms with Gasteiger partial charge in [-0.05, 0) is 25.5 Å². The number of H-pyrrole nitrogens is 1. The Morgan fingerprint density at radius 2 is 2.14 bits per heavy atom. The minimum Gasteiger partial charge on any atom is -0.397 e. The largest absolute Gasteiger partial charge is 0.397 e. The molecule has 0 bridgehead atoms. The summed E-state index contributed by atoms with van der Waals surface area (Å²) >= 11 is 0. The van der Waals surface area contributed by atoms with Crippen molar-refractivity contribution in [2.75, 3.05) is 18.8 Å². The molecular weight excluding hydrogens is 268 g/mol. The standard InChI is InChI=1S/C15H18N4O2/c1-15(14(17)21)5-6-19(8-15)13(20)11-7-9-3-2-4-10(16)12(9)18-11/h2-4,7,18H,5-6,8,16H2,1H3,(H2,17,21). The van der Waals surface area contributed by atoms with Crippen LogP contribution in [0.1, 0.15) is 23.8 Å². The second kappa shape index (κ2) is 4.51. The molecule has 1 aliphatic heterocycles. The summed E-state index contributed by atoms with van der Waals surface area (Å²) in [7, 11) is 0. The molecule has 6 nitrogen and oxygen atoms in total. The van der Waals surface area contributed by atoms with Crippen molar-refractivity contribution in [3.8, 4) is 0 Å². The van der Waals surface area contributed by atoms with E-state index >= 15 is 0 Å². The van der Waals surface area contributed by atoms with E-state index in [4.69, 9.17) is 11.5 Å². The number of aromatic amines is 1. The lowest BCUT2D eigenvalue weighted by Crippen LogP contribution is -2.38. The van der Waals surface area contributed by atoms with Crippen molar-refractivity contribution in [2.45, 2.75) is 13.3 Å². The normalized spacial score (nSPS) is 21.9. The van der Waals surface area contributed by atoms with Crippen molar-refractivity contribution in [1.29, 1.82) is 0 Å². The number of amides is 2. The van der Waals surface area contributed by atoms with Gasteiger partial charge in [-0.2, -0.15) is 0 Å². The minimum atomic E-state index is -0.638. The highest BCUT2D eigenvalue weighted by atomic mass is 16.2. The van der Waals surface area contributed by atoms with Crippen LogP contribution in [0.15, 0.2) is 24.3 Å². The third-order valence-electron chi connectivity index (χ3n) is 4.27. The summed E-state index contributed by atoms with van der Waals surface area (Å²) in [6, 6.07) is 7.32. The van der Waals surface area contributed by atoms with Crippen molar-refractivity contribution in [3.63, 3.8) is 0 Å². The average Bonchev–Trinajstić information content (AvgIpc) is 3.03. The number of nitrogen functional groups attached to an aromatic ring is 1. The molecule has 0 aliphatic carbocycles. The second-order valence-corrected chi connectivity index (χ2v) is 5.90. The van der Waals surface area contributed by atoms with Crippen LogP contribution >= 0.6 is 0 Å². The molecule has 3 rings (SSSR count). The zero-order valence-electron chi connectivity index (χ0n) is 11.8. The van der Waals surface area contributed by atoms with Crippen LogP contribution in [0.3, 0.4) is 0 Å². The number of hydrogen-bond donors (Lipinski definition) is 3. The number of likely N-dealkylation sites (tertiary alicyclic amines) is 1. The van der Waals surface area contributed by atoms with Crippen LogP contribution in [-0.4, -0.2) is 34.8 Å². The van der Waals surface area contributed by atoms with Crippen LogP contribution in [0.25, 0.3) is 10.9 Å². The summed E-state index contributed by atoms with van der Waals surface area (Å²) in [4.78, 5) is 28.7. The van der Waals surface area contributed by atoms with Gasteiger partial charge in [0.25, 0.3) is 5.91 Å². The van der Waals surface area contributed by atoms with E-state index in [1.807, 2.05) is 12.1 Å². The van der Waals surface area contributed by atoms with Gasteiger partial charge in [0.15, 0.2) is 0 Å². The SMILES string of the molecule is CC1(C(N)=O)CCN(C(=O)c2cc3cccc(N)c3[nH]2)C1. The number of nitrogens with one attached hydrogen (secondary N) is 1. The van der Waals surface area contributed by atoms with Crippen LogP contribution < -0.4 is 11.5 Å². The molecule has 2 heterocycles. The highest BCUT2D eigenvalue weighted by molar-refractivity contribution is 6.01. The number of anilines is 1. The third-order valence-corrected chi connectivity index (χ3v) is 4.27. The summed E-state index contributed by atoms with van der Waals surface area (Å²) in [6.07, 6.45) is 0.594. The van der Waals surface area contributed by atoms with Gasteiger partial charge in [0, 0.05) is 18.5 Å². The number of hydrogen-bond acceptors (Lipinski definition) is 3. The van der Waals surface area contributed by atoms with E-state index in [0.717, 1.165) is 10.9 Å². The first-order valence-corrected chi connectivity index (χ1v) is 6.87. The van der Waals surface area contributed by atoms with Crippen LogP contribution in [0.2, 0.25) is 0 Å². The number of nitrogens with two attached hydrogens (primary N) is 2. The molecule has 1 aromatic carbocycles. The van der Waals surface area contributed by atoms with E-state index in [2.05, 4.69) is 4.98 Å². The van der Waals surface area contributed by atoms with Gasteiger partial charge in [-0.25, -0.2) is 0 Å². The van der Waals surface area contributed by atoms with Gasteiger partial charge in [0.2, 0.25) is 5.91 Å². The Kier molecular flexibility index (Phi) is 2.90. The molecule has 2 aromatic rings. The Labute approximate surface area is 122 Å². The minimum absolute atomic E-state index is 0.129. The lowest BCUT2D eigenvalue weighted by molar-refractivity contribution is -0.126. The van der Waals surface area contributed by atoms with Crippen LogP contribution in [0.4, 0.5) is 5.69 Å². The van der Waals surface area contributed by atoms with Crippen molar-refractivity contribution >= 4 is 28.4 Å². The maximum atomic E-state index is 12.5. The fraction of sp³-hybridized carbons (Fsp3) is 0.333. The summed E-state index contributed by atoms with van der Waals surface area (Å²) in [5.41, 5.74) is 12.5. The molecule has 1 unspecified atom stereocenters. The Balaban J connectivity index is 1.88. The maximum absolute atomic E-state index is 12.5. The fourth-order valence-electron chi connectivity index (χ4n) is 2.80. The number of benzene rings is 1. The number of carbonyl (C=O) groups is 2. The smallest absolute Gasteiger partial charge is 0.270 e. The monoisotopic (exact) mass is 286 g/mol. The van der Waals surface area contributed by atoms with E-state index in [0.29, 0.717) is 30.9 Å². The first-order chi connectivity index (χ1) is 9.90. The molecule has 1 atom stereocenters. The number of para-hydroxylation sites is 1. The molecule has 21 heavy (non-hydrogen) atoms. The first-order valence-electron chi connectivity index (χ1n) is 6.87. The molecule has 110 valence electrons. The number of carbonyl (C=O) groups excluding carboxylic acids is 2. The van der Waals surface area contributed by atoms with Crippen LogP contribution in [0, 0.1) is 5.41 Å². The molecule has 1 aromatic heterocycles. The molecule has 1 saturated heterocycles. The molecule has 5 N–H and O–H groups in total. The predicted molar refractivity (Wildman–Crippen MR) is 80.5 cm³/mol. The maximum Gasteiger partial charge on any atom is 0.270 e. The van der Waals surface area contributed by atoms with E-state index in [9.17, 15) is 9.59 Å². The second-order valence-electron chi connectivity index (χ2n) is 5.90. The van der Waals surface area contributed by atoms with Crippen LogP contribution in [-0.2, 0) is 4.79 Å². The van der Waals surface area contributed by atoms with Crippen molar-refractivity contribution in [2.24, 2.45) is 11.1 Å². The Bertz CT molecular complexity index is 736. The van der Waals surface area contributed by atoms with Gasteiger partial charge in [0.1, 0.15) is 5.69 Å². The first kappa shape index (κ1) is 13.5. The zero-order chi connectivity index (χ0) is 15.2. The van der Waals surface area contributed by atoms with E-state index < -0.39 is 5.41 Å². The molecule has 1 aliphatic rings. The van der Waals surface area contributed by atoms with Gasteiger partial charge in [-0.1, -0.05) is 12.1 Å². The van der Waals surface area contributed by atoms with E-state index in [1.165, 1.54) is 0 Å². The van der Waals surface area contributed by atoms with Crippen molar-refractivity contribution < 1.29 is 9.59 Å². The Morgan fingerprint density at radius 3 is 2.76 bits per heavy atom. The number of primary amides is 1. The number of fused-ring (bicyclic) bond motifs is 1. The fourth-order valence-corrected chi connectivity index (χ4v) is 2.80. The van der Waals surface area contributed by atoms with Crippen LogP contribution in [0.5, 0.6) is 0 Å². The summed E-state index contributed by atoms with van der Waals surface area (Å²) in [6.45, 7) is 2.68. The zero-order valence-corrected chi connectivity index (χ0v) is 11.8. The summed E-state index contributed by atoms with van der Waals surface area (Å²) < 4.78 is 0. The molecule has 6 heteroatoms. The van der Waals surface area contributed by atoms with E-state index in [-0.39, 0.29) is 11.8 Å². The van der Waals surface area contributed by atoms with Crippen molar-refractivity contribution in [3.05, 3.63) is 30.0 Å². The molecule has 0 radical (unpaired) electrons. The Morgan fingerprint density at radius 1 is 1.38 bits per heavy atom. The Hall–Kier alpha value is -2.50. The summed E-state index contributed by atoms with van der Waals surface area (Å²) in [5, 5.41) is 0.898. The predicted octanol–water partition coefficient (Wildman–Crippen LogP) is 1.09. The number of rotatable bonds is 2. The molecule has 2 amide bonds. The van der Waals surface area contributed by atoms with Gasteiger partial charge in [-0.3, -0.25) is 9.59 Å². The molecule has 0 saturated carbocycles. The van der Waals surface area contributed by atoms with E-state index in [1.54, 1.807) is 24.0 Å². The van der Waals surface area contributed by atoms with Gasteiger partial charge >= 0.3 is 0 Å². The quantitative estimate of drug-likeness (QED) is 0.719. The molecule has 1 fully saturated rings. The molecule has 0 spiro atoms. The average molecular weight is 286 g/mol. The highest BCUT2D eigenvalue weighted by Crippen LogP contribution is 2.31. The molecular formula is C15H18N4O2. The topological polar surface area (TPSA) is 105 Å². The van der Waals surface area contributed by atoms with Gasteiger partial charge in [-0.15, -0.1) is 0 Å². The third kappa shape index (κ3) is 2.12.